The highest BCUT2D eigenvalue weighted by molar-refractivity contribution is 5.20. The van der Waals surface area contributed by atoms with Crippen LogP contribution in [0.3, 0.4) is 0 Å². The first-order chi connectivity index (χ1) is 7.66. The molecule has 2 rings (SSSR count). The van der Waals surface area contributed by atoms with Gasteiger partial charge in [-0.25, -0.2) is 0 Å². The van der Waals surface area contributed by atoms with Gasteiger partial charge >= 0.3 is 0 Å². The van der Waals surface area contributed by atoms with Gasteiger partial charge in [0.05, 0.1) is 0 Å². The van der Waals surface area contributed by atoms with Crippen LogP contribution < -0.4 is 0 Å². The van der Waals surface area contributed by atoms with Crippen molar-refractivity contribution in [2.24, 2.45) is 0 Å². The van der Waals surface area contributed by atoms with E-state index in [2.05, 4.69) is 49.1 Å². The SMILES string of the molecule is CC(C)c1ccc(C2CCN(C)CC2)cn1. The Labute approximate surface area is 98.7 Å². The smallest absolute Gasteiger partial charge is 0.0429 e. The Kier molecular flexibility index (Phi) is 3.59. The normalized spacial score (nSPS) is 19.2. The molecule has 1 aromatic heterocycles. The summed E-state index contributed by atoms with van der Waals surface area (Å²) >= 11 is 0. The van der Waals surface area contributed by atoms with Gasteiger partial charge in [0.2, 0.25) is 0 Å². The lowest BCUT2D eigenvalue weighted by molar-refractivity contribution is 0.255. The van der Waals surface area contributed by atoms with E-state index in [-0.39, 0.29) is 0 Å². The van der Waals surface area contributed by atoms with E-state index >= 15 is 0 Å². The zero-order valence-corrected chi connectivity index (χ0v) is 10.6. The van der Waals surface area contributed by atoms with Gasteiger partial charge in [-0.3, -0.25) is 4.98 Å². The Bertz CT molecular complexity index is 321. The highest BCUT2D eigenvalue weighted by Crippen LogP contribution is 2.27. The maximum atomic E-state index is 4.56. The minimum Gasteiger partial charge on any atom is -0.306 e. The molecular formula is C14H22N2. The molecule has 0 amide bonds. The van der Waals surface area contributed by atoms with E-state index in [9.17, 15) is 0 Å². The van der Waals surface area contributed by atoms with Crippen molar-refractivity contribution in [2.75, 3.05) is 20.1 Å². The van der Waals surface area contributed by atoms with E-state index in [1.165, 1.54) is 37.2 Å². The van der Waals surface area contributed by atoms with Crippen LogP contribution in [0.2, 0.25) is 0 Å². The van der Waals surface area contributed by atoms with E-state index in [0.717, 1.165) is 5.92 Å². The Balaban J connectivity index is 2.04. The Morgan fingerprint density at radius 3 is 2.44 bits per heavy atom. The zero-order chi connectivity index (χ0) is 11.5. The molecule has 1 saturated heterocycles. The molecule has 0 unspecified atom stereocenters. The van der Waals surface area contributed by atoms with Gasteiger partial charge in [0.1, 0.15) is 0 Å². The minimum absolute atomic E-state index is 0.534. The molecule has 0 bridgehead atoms. The predicted molar refractivity (Wildman–Crippen MR) is 67.8 cm³/mol. The van der Waals surface area contributed by atoms with E-state index in [1.54, 1.807) is 0 Å². The minimum atomic E-state index is 0.534. The number of likely N-dealkylation sites (tertiary alicyclic amines) is 1. The monoisotopic (exact) mass is 218 g/mol. The molecule has 0 radical (unpaired) electrons. The van der Waals surface area contributed by atoms with Crippen molar-refractivity contribution in [3.63, 3.8) is 0 Å². The lowest BCUT2D eigenvalue weighted by Crippen LogP contribution is -2.29. The number of nitrogens with zero attached hydrogens (tertiary/aromatic N) is 2. The van der Waals surface area contributed by atoms with Crippen molar-refractivity contribution >= 4 is 0 Å². The van der Waals surface area contributed by atoms with Gasteiger partial charge in [0.15, 0.2) is 0 Å². The quantitative estimate of drug-likeness (QED) is 0.758. The Morgan fingerprint density at radius 2 is 1.94 bits per heavy atom. The van der Waals surface area contributed by atoms with Crippen LogP contribution in [0.25, 0.3) is 0 Å². The van der Waals surface area contributed by atoms with Gasteiger partial charge in [-0.2, -0.15) is 0 Å². The number of hydrogen-bond donors (Lipinski definition) is 0. The van der Waals surface area contributed by atoms with Crippen molar-refractivity contribution in [3.8, 4) is 0 Å². The molecule has 0 N–H and O–H groups in total. The molecule has 2 heterocycles. The van der Waals surface area contributed by atoms with Crippen molar-refractivity contribution in [1.82, 2.24) is 9.88 Å². The predicted octanol–water partition coefficient (Wildman–Crippen LogP) is 3.01. The zero-order valence-electron chi connectivity index (χ0n) is 10.6. The fraction of sp³-hybridized carbons (Fsp3) is 0.643. The topological polar surface area (TPSA) is 16.1 Å². The van der Waals surface area contributed by atoms with Gasteiger partial charge in [-0.1, -0.05) is 19.9 Å². The van der Waals surface area contributed by atoms with Crippen LogP contribution in [0.5, 0.6) is 0 Å². The van der Waals surface area contributed by atoms with Crippen LogP contribution >= 0.6 is 0 Å². The molecule has 0 aromatic carbocycles. The molecule has 2 nitrogen and oxygen atoms in total. The summed E-state index contributed by atoms with van der Waals surface area (Å²) in [6.07, 6.45) is 4.64. The molecule has 1 fully saturated rings. The molecule has 0 atom stereocenters. The fourth-order valence-electron chi connectivity index (χ4n) is 2.34. The second-order valence-corrected chi connectivity index (χ2v) is 5.25. The highest BCUT2D eigenvalue weighted by atomic mass is 15.1. The van der Waals surface area contributed by atoms with Crippen molar-refractivity contribution in [3.05, 3.63) is 29.6 Å². The standard InChI is InChI=1S/C14H22N2/c1-11(2)14-5-4-13(10-15-14)12-6-8-16(3)9-7-12/h4-5,10-12H,6-9H2,1-3H3. The summed E-state index contributed by atoms with van der Waals surface area (Å²) in [5.74, 6) is 1.26. The molecule has 1 aliphatic heterocycles. The summed E-state index contributed by atoms with van der Waals surface area (Å²) in [5, 5.41) is 0. The number of piperidine rings is 1. The van der Waals surface area contributed by atoms with Crippen LogP contribution in [0.1, 0.15) is 49.8 Å². The van der Waals surface area contributed by atoms with Gasteiger partial charge in [0, 0.05) is 11.9 Å². The molecular weight excluding hydrogens is 196 g/mol. The average molecular weight is 218 g/mol. The third kappa shape index (κ3) is 2.62. The van der Waals surface area contributed by atoms with Gasteiger partial charge in [-0.05, 0) is 56.4 Å². The van der Waals surface area contributed by atoms with E-state index < -0.39 is 0 Å². The lowest BCUT2D eigenvalue weighted by atomic mass is 9.90. The van der Waals surface area contributed by atoms with E-state index in [4.69, 9.17) is 0 Å². The Morgan fingerprint density at radius 1 is 1.25 bits per heavy atom. The summed E-state index contributed by atoms with van der Waals surface area (Å²) < 4.78 is 0. The second kappa shape index (κ2) is 4.96. The van der Waals surface area contributed by atoms with Gasteiger partial charge < -0.3 is 4.90 Å². The maximum absolute atomic E-state index is 4.56. The fourth-order valence-corrected chi connectivity index (χ4v) is 2.34. The summed E-state index contributed by atoms with van der Waals surface area (Å²) in [6, 6.07) is 4.47. The van der Waals surface area contributed by atoms with E-state index in [1.807, 2.05) is 0 Å². The van der Waals surface area contributed by atoms with Crippen molar-refractivity contribution in [1.29, 1.82) is 0 Å². The van der Waals surface area contributed by atoms with Gasteiger partial charge in [-0.15, -0.1) is 0 Å². The molecule has 16 heavy (non-hydrogen) atoms. The van der Waals surface area contributed by atoms with Crippen LogP contribution in [-0.2, 0) is 0 Å². The lowest BCUT2D eigenvalue weighted by Gasteiger charge is -2.29. The molecule has 2 heteroatoms. The number of pyridine rings is 1. The van der Waals surface area contributed by atoms with Crippen molar-refractivity contribution < 1.29 is 0 Å². The molecule has 1 aliphatic rings. The first-order valence-corrected chi connectivity index (χ1v) is 6.31. The van der Waals surface area contributed by atoms with Crippen LogP contribution in [-0.4, -0.2) is 30.0 Å². The van der Waals surface area contributed by atoms with Crippen LogP contribution in [0.15, 0.2) is 18.3 Å². The summed E-state index contributed by atoms with van der Waals surface area (Å²) in [5.41, 5.74) is 2.63. The third-order valence-electron chi connectivity index (χ3n) is 3.59. The molecule has 0 saturated carbocycles. The van der Waals surface area contributed by atoms with E-state index in [0.29, 0.717) is 5.92 Å². The first-order valence-electron chi connectivity index (χ1n) is 6.31. The maximum Gasteiger partial charge on any atom is 0.0429 e. The summed E-state index contributed by atoms with van der Waals surface area (Å²) in [6.45, 7) is 6.82. The number of hydrogen-bond acceptors (Lipinski definition) is 2. The molecule has 1 aromatic rings. The average Bonchev–Trinajstić information content (AvgIpc) is 2.30. The highest BCUT2D eigenvalue weighted by Gasteiger charge is 2.18. The second-order valence-electron chi connectivity index (χ2n) is 5.25. The summed E-state index contributed by atoms with van der Waals surface area (Å²) in [7, 11) is 2.20. The summed E-state index contributed by atoms with van der Waals surface area (Å²) in [4.78, 5) is 6.97. The number of aromatic nitrogens is 1. The molecule has 0 aliphatic carbocycles. The van der Waals surface area contributed by atoms with Crippen LogP contribution in [0.4, 0.5) is 0 Å². The largest absolute Gasteiger partial charge is 0.306 e. The molecule has 88 valence electrons. The molecule has 0 spiro atoms. The Hall–Kier alpha value is -0.890. The third-order valence-corrected chi connectivity index (χ3v) is 3.59. The van der Waals surface area contributed by atoms with Gasteiger partial charge in [0.25, 0.3) is 0 Å². The van der Waals surface area contributed by atoms with Crippen LogP contribution in [0, 0.1) is 0 Å². The first kappa shape index (κ1) is 11.6. The number of rotatable bonds is 2. The van der Waals surface area contributed by atoms with Crippen molar-refractivity contribution in [2.45, 2.75) is 38.5 Å².